The summed E-state index contributed by atoms with van der Waals surface area (Å²) in [5.74, 6) is 11.7. The van der Waals surface area contributed by atoms with E-state index in [0.29, 0.717) is 11.6 Å². The van der Waals surface area contributed by atoms with Gasteiger partial charge in [0.05, 0.1) is 5.69 Å². The second kappa shape index (κ2) is 6.31. The van der Waals surface area contributed by atoms with Crippen molar-refractivity contribution in [3.05, 3.63) is 29.8 Å². The van der Waals surface area contributed by atoms with E-state index < -0.39 is 6.57 Å². The molecule has 1 aromatic carbocycles. The van der Waals surface area contributed by atoms with Crippen LogP contribution >= 0.6 is 6.57 Å². The lowest BCUT2D eigenvalue weighted by molar-refractivity contribution is 0.443. The molecule has 2 rings (SSSR count). The molecule has 1 aliphatic carbocycles. The van der Waals surface area contributed by atoms with E-state index in [-0.39, 0.29) is 0 Å². The summed E-state index contributed by atoms with van der Waals surface area (Å²) in [6.07, 6.45) is 6.48. The first-order valence-electron chi connectivity index (χ1n) is 6.50. The molecule has 0 saturated heterocycles. The van der Waals surface area contributed by atoms with Crippen molar-refractivity contribution in [1.29, 1.82) is 0 Å². The highest BCUT2D eigenvalue weighted by Gasteiger charge is 2.20. The summed E-state index contributed by atoms with van der Waals surface area (Å²) in [7, 11) is 0. The molecule has 0 heterocycles. The van der Waals surface area contributed by atoms with Crippen molar-refractivity contribution in [3.8, 4) is 0 Å². The monoisotopic (exact) mass is 300 g/mol. The maximum atomic E-state index is 9.85. The van der Waals surface area contributed by atoms with E-state index in [9.17, 15) is 4.89 Å². The van der Waals surface area contributed by atoms with E-state index in [2.05, 4.69) is 17.3 Å². The predicted molar refractivity (Wildman–Crippen MR) is 82.8 cm³/mol. The predicted octanol–water partition coefficient (Wildman–Crippen LogP) is 2.09. The maximum Gasteiger partial charge on any atom is 0.250 e. The molecule has 1 fully saturated rings. The Morgan fingerprint density at radius 2 is 1.79 bits per heavy atom. The molecule has 0 radical (unpaired) electrons. The summed E-state index contributed by atoms with van der Waals surface area (Å²) in [6, 6.07) is 7.91. The summed E-state index contributed by atoms with van der Waals surface area (Å²) in [5, 5.41) is 2.20. The van der Waals surface area contributed by atoms with Gasteiger partial charge < -0.3 is 4.89 Å². The molecular weight excluding hydrogens is 279 g/mol. The molecule has 0 spiro atoms. The SMILES string of the molecule is NNP(O)(=S)N(N)c1ccc(C2CCCCC2)cc1. The van der Waals surface area contributed by atoms with Gasteiger partial charge in [0.2, 0.25) is 0 Å². The molecule has 0 bridgehead atoms. The van der Waals surface area contributed by atoms with Gasteiger partial charge in [-0.1, -0.05) is 31.4 Å². The minimum Gasteiger partial charge on any atom is -0.337 e. The highest BCUT2D eigenvalue weighted by molar-refractivity contribution is 8.11. The average Bonchev–Trinajstić information content (AvgIpc) is 2.47. The van der Waals surface area contributed by atoms with Crippen LogP contribution < -0.4 is 21.7 Å². The van der Waals surface area contributed by atoms with Crippen LogP contribution in [0.1, 0.15) is 43.6 Å². The molecule has 1 unspecified atom stereocenters. The van der Waals surface area contributed by atoms with Gasteiger partial charge >= 0.3 is 0 Å². The fraction of sp³-hybridized carbons (Fsp3) is 0.500. The van der Waals surface area contributed by atoms with E-state index in [0.717, 1.165) is 4.78 Å². The molecule has 6 N–H and O–H groups in total. The van der Waals surface area contributed by atoms with Crippen LogP contribution in [0.25, 0.3) is 0 Å². The maximum absolute atomic E-state index is 9.85. The van der Waals surface area contributed by atoms with Crippen LogP contribution in [-0.4, -0.2) is 4.89 Å². The number of nitrogens with two attached hydrogens (primary N) is 2. The van der Waals surface area contributed by atoms with E-state index in [4.69, 9.17) is 23.5 Å². The molecular formula is C12H21N4OPS. The summed E-state index contributed by atoms with van der Waals surface area (Å²) in [6.45, 7) is -3.06. The fourth-order valence-corrected chi connectivity index (χ4v) is 3.41. The molecule has 19 heavy (non-hydrogen) atoms. The van der Waals surface area contributed by atoms with Gasteiger partial charge in [-0.05, 0) is 48.3 Å². The first-order chi connectivity index (χ1) is 9.04. The second-order valence-electron chi connectivity index (χ2n) is 4.94. The molecule has 1 aliphatic rings. The Kier molecular flexibility index (Phi) is 4.95. The topological polar surface area (TPSA) is 87.5 Å². The first-order valence-corrected chi connectivity index (χ1v) is 9.21. The van der Waals surface area contributed by atoms with Gasteiger partial charge in [-0.2, -0.15) is 5.20 Å². The van der Waals surface area contributed by atoms with Crippen LogP contribution in [0, 0.1) is 0 Å². The Morgan fingerprint density at radius 1 is 1.21 bits per heavy atom. The Bertz CT molecular complexity index is 461. The van der Waals surface area contributed by atoms with Crippen LogP contribution in [0.15, 0.2) is 24.3 Å². The third-order valence-corrected chi connectivity index (χ3v) is 5.69. The summed E-state index contributed by atoms with van der Waals surface area (Å²) in [5.41, 5.74) is 2.01. The third kappa shape index (κ3) is 3.54. The van der Waals surface area contributed by atoms with Crippen LogP contribution in [0.4, 0.5) is 5.69 Å². The quantitative estimate of drug-likeness (QED) is 0.387. The number of hydrogen-bond donors (Lipinski definition) is 4. The summed E-state index contributed by atoms with van der Waals surface area (Å²) < 4.78 is 1.15. The minimum absolute atomic E-state index is 0.652. The van der Waals surface area contributed by atoms with Crippen molar-refractivity contribution in [3.63, 3.8) is 0 Å². The number of hydrogen-bond acceptors (Lipinski definition) is 3. The van der Waals surface area contributed by atoms with Crippen LogP contribution in [0.3, 0.4) is 0 Å². The normalized spacial score (nSPS) is 19.9. The highest BCUT2D eigenvalue weighted by Crippen LogP contribution is 2.41. The van der Waals surface area contributed by atoms with Crippen molar-refractivity contribution in [2.75, 3.05) is 4.78 Å². The number of anilines is 1. The van der Waals surface area contributed by atoms with Crippen molar-refractivity contribution in [2.45, 2.75) is 38.0 Å². The summed E-state index contributed by atoms with van der Waals surface area (Å²) in [4.78, 5) is 9.85. The Balaban J connectivity index is 2.11. The van der Waals surface area contributed by atoms with Gasteiger partial charge in [-0.25, -0.2) is 10.6 Å². The van der Waals surface area contributed by atoms with Gasteiger partial charge in [-0.15, -0.1) is 0 Å². The zero-order chi connectivity index (χ0) is 13.9. The summed E-state index contributed by atoms with van der Waals surface area (Å²) >= 11 is 4.94. The number of benzene rings is 1. The lowest BCUT2D eigenvalue weighted by Gasteiger charge is -2.27. The van der Waals surface area contributed by atoms with Gasteiger partial charge in [0.25, 0.3) is 6.57 Å². The van der Waals surface area contributed by atoms with Crippen molar-refractivity contribution in [1.82, 2.24) is 5.20 Å². The van der Waals surface area contributed by atoms with Gasteiger partial charge in [0.15, 0.2) is 0 Å². The number of hydrazine groups is 2. The number of rotatable bonds is 4. The molecule has 1 saturated carbocycles. The van der Waals surface area contributed by atoms with E-state index in [1.165, 1.54) is 37.7 Å². The number of nitrogens with one attached hydrogen (secondary N) is 1. The molecule has 0 amide bonds. The molecule has 0 aliphatic heterocycles. The molecule has 1 atom stereocenters. The van der Waals surface area contributed by atoms with E-state index in [1.807, 2.05) is 12.1 Å². The molecule has 1 aromatic rings. The Morgan fingerprint density at radius 3 is 2.32 bits per heavy atom. The zero-order valence-electron chi connectivity index (χ0n) is 10.8. The average molecular weight is 300 g/mol. The van der Waals surface area contributed by atoms with E-state index >= 15 is 0 Å². The smallest absolute Gasteiger partial charge is 0.250 e. The third-order valence-electron chi connectivity index (χ3n) is 3.69. The molecule has 5 nitrogen and oxygen atoms in total. The first kappa shape index (κ1) is 14.9. The number of nitrogens with zero attached hydrogens (tertiary/aromatic N) is 1. The van der Waals surface area contributed by atoms with Crippen LogP contribution in [0.2, 0.25) is 0 Å². The van der Waals surface area contributed by atoms with Crippen molar-refractivity contribution < 1.29 is 4.89 Å². The highest BCUT2D eigenvalue weighted by atomic mass is 32.4. The van der Waals surface area contributed by atoms with Crippen molar-refractivity contribution in [2.24, 2.45) is 11.7 Å². The van der Waals surface area contributed by atoms with Crippen LogP contribution in [-0.2, 0) is 11.8 Å². The van der Waals surface area contributed by atoms with Gasteiger partial charge in [0.1, 0.15) is 0 Å². The Hall–Kier alpha value is -0.490. The Labute approximate surface area is 119 Å². The van der Waals surface area contributed by atoms with Crippen LogP contribution in [0.5, 0.6) is 0 Å². The molecule has 7 heteroatoms. The van der Waals surface area contributed by atoms with Gasteiger partial charge in [0, 0.05) is 0 Å². The largest absolute Gasteiger partial charge is 0.337 e. The minimum atomic E-state index is -3.06. The standard InChI is InChI=1S/C12H21N4OPS/c13-15-18(17,19)16(14)12-8-6-11(7-9-12)10-4-2-1-3-5-10/h6-10H,1-5,13-14H2,(H2,15,17,19). The fourth-order valence-electron chi connectivity index (χ4n) is 2.55. The lowest BCUT2D eigenvalue weighted by Crippen LogP contribution is -2.36. The molecule has 0 aromatic heterocycles. The molecule has 106 valence electrons. The zero-order valence-corrected chi connectivity index (χ0v) is 12.5. The van der Waals surface area contributed by atoms with E-state index in [1.54, 1.807) is 0 Å². The second-order valence-corrected chi connectivity index (χ2v) is 8.25. The van der Waals surface area contributed by atoms with Gasteiger partial charge in [-0.3, -0.25) is 5.84 Å². The van der Waals surface area contributed by atoms with Crippen molar-refractivity contribution >= 4 is 24.1 Å². The lowest BCUT2D eigenvalue weighted by atomic mass is 9.84.